The largest absolute Gasteiger partial charge is 0.456 e. The van der Waals surface area contributed by atoms with Crippen LogP contribution in [0.1, 0.15) is 56.9 Å². The Balaban J connectivity index is 1.08. The fraction of sp³-hybridized carbons (Fsp3) is 0.625. The number of carbonyl (C=O) groups excluding carboxylic acids is 2. The number of amides is 1. The Morgan fingerprint density at radius 3 is 2.50 bits per heavy atom. The van der Waals surface area contributed by atoms with Gasteiger partial charge in [0, 0.05) is 12.5 Å². The normalized spacial score (nSPS) is 30.4. The first kappa shape index (κ1) is 20.0. The van der Waals surface area contributed by atoms with Gasteiger partial charge in [-0.25, -0.2) is 4.98 Å². The fourth-order valence-corrected chi connectivity index (χ4v) is 7.57. The number of hydrogen-bond donors (Lipinski definition) is 1. The van der Waals surface area contributed by atoms with Crippen LogP contribution in [0, 0.1) is 23.2 Å². The molecule has 4 fully saturated rings. The molecular weight excluding hydrogens is 396 g/mol. The van der Waals surface area contributed by atoms with E-state index in [1.54, 1.807) is 11.3 Å². The molecule has 5 nitrogen and oxygen atoms in total. The van der Waals surface area contributed by atoms with E-state index in [-0.39, 0.29) is 36.4 Å². The molecular formula is C24H30N2O3S. The number of aryl methyl sites for hydroxylation is 1. The molecule has 2 aromatic rings. The van der Waals surface area contributed by atoms with Crippen LogP contribution in [-0.4, -0.2) is 29.5 Å². The summed E-state index contributed by atoms with van der Waals surface area (Å²) in [5, 5.41) is 4.08. The molecule has 1 amide bonds. The number of nitrogens with zero attached hydrogens (tertiary/aromatic N) is 1. The van der Waals surface area contributed by atoms with E-state index >= 15 is 0 Å². The molecule has 0 aliphatic heterocycles. The Morgan fingerprint density at radius 2 is 1.83 bits per heavy atom. The number of aromatic nitrogens is 1. The number of fused-ring (bicyclic) bond motifs is 1. The fourth-order valence-electron chi connectivity index (χ4n) is 6.60. The molecule has 4 aliphatic rings. The SMILES string of the molecule is C[C@H](NC(=O)COC(=O)CCc1nc2ccccc2s1)C12CC3CC(CC(C3)C1)C2. The van der Waals surface area contributed by atoms with E-state index in [0.29, 0.717) is 6.42 Å². The number of esters is 1. The molecule has 1 heterocycles. The number of thiazole rings is 1. The second-order valence-electron chi connectivity index (χ2n) is 9.81. The first-order valence-corrected chi connectivity index (χ1v) is 12.1. The minimum Gasteiger partial charge on any atom is -0.456 e. The van der Waals surface area contributed by atoms with Gasteiger partial charge in [0.2, 0.25) is 0 Å². The maximum Gasteiger partial charge on any atom is 0.306 e. The third-order valence-electron chi connectivity index (χ3n) is 7.63. The van der Waals surface area contributed by atoms with Crippen LogP contribution in [0.5, 0.6) is 0 Å². The first-order chi connectivity index (χ1) is 14.5. The second-order valence-corrected chi connectivity index (χ2v) is 10.9. The van der Waals surface area contributed by atoms with E-state index in [2.05, 4.69) is 17.2 Å². The molecule has 0 saturated heterocycles. The Morgan fingerprint density at radius 1 is 1.17 bits per heavy atom. The van der Waals surface area contributed by atoms with E-state index in [1.807, 2.05) is 24.3 Å². The predicted octanol–water partition coefficient (Wildman–Crippen LogP) is 4.49. The summed E-state index contributed by atoms with van der Waals surface area (Å²) >= 11 is 1.60. The van der Waals surface area contributed by atoms with Gasteiger partial charge >= 0.3 is 5.97 Å². The highest BCUT2D eigenvalue weighted by Gasteiger charge is 2.53. The van der Waals surface area contributed by atoms with Crippen LogP contribution in [0.15, 0.2) is 24.3 Å². The van der Waals surface area contributed by atoms with Crippen molar-refractivity contribution in [1.82, 2.24) is 10.3 Å². The summed E-state index contributed by atoms with van der Waals surface area (Å²) in [6.45, 7) is 1.97. The molecule has 0 unspecified atom stereocenters. The predicted molar refractivity (Wildman–Crippen MR) is 117 cm³/mol. The number of nitrogens with one attached hydrogen (secondary N) is 1. The van der Waals surface area contributed by atoms with E-state index < -0.39 is 0 Å². The molecule has 1 aromatic heterocycles. The molecule has 4 aliphatic carbocycles. The van der Waals surface area contributed by atoms with Crippen LogP contribution in [-0.2, 0) is 20.7 Å². The lowest BCUT2D eigenvalue weighted by molar-refractivity contribution is -0.149. The molecule has 0 spiro atoms. The van der Waals surface area contributed by atoms with Gasteiger partial charge in [-0.15, -0.1) is 11.3 Å². The van der Waals surface area contributed by atoms with Gasteiger partial charge in [0.1, 0.15) is 0 Å². The van der Waals surface area contributed by atoms with Crippen LogP contribution in [0.4, 0.5) is 0 Å². The Bertz CT molecular complexity index is 885. The molecule has 1 N–H and O–H groups in total. The molecule has 4 saturated carbocycles. The summed E-state index contributed by atoms with van der Waals surface area (Å²) in [7, 11) is 0. The maximum absolute atomic E-state index is 12.4. The van der Waals surface area contributed by atoms with Gasteiger partial charge in [0.15, 0.2) is 6.61 Å². The number of carbonyl (C=O) groups is 2. The van der Waals surface area contributed by atoms with Crippen LogP contribution in [0.25, 0.3) is 10.2 Å². The van der Waals surface area contributed by atoms with E-state index in [0.717, 1.165) is 33.0 Å². The minimum absolute atomic E-state index is 0.153. The van der Waals surface area contributed by atoms with Gasteiger partial charge in [-0.2, -0.15) is 0 Å². The molecule has 1 atom stereocenters. The number of ether oxygens (including phenoxy) is 1. The summed E-state index contributed by atoms with van der Waals surface area (Å²) in [4.78, 5) is 29.1. The molecule has 6 rings (SSSR count). The maximum atomic E-state index is 12.4. The number of para-hydroxylation sites is 1. The highest BCUT2D eigenvalue weighted by Crippen LogP contribution is 2.61. The van der Waals surface area contributed by atoms with Crippen molar-refractivity contribution in [3.05, 3.63) is 29.3 Å². The minimum atomic E-state index is -0.341. The van der Waals surface area contributed by atoms with Gasteiger partial charge in [-0.3, -0.25) is 9.59 Å². The average molecular weight is 427 g/mol. The Labute approximate surface area is 181 Å². The smallest absolute Gasteiger partial charge is 0.306 e. The van der Waals surface area contributed by atoms with Gasteiger partial charge in [-0.1, -0.05) is 12.1 Å². The zero-order valence-corrected chi connectivity index (χ0v) is 18.4. The van der Waals surface area contributed by atoms with E-state index in [1.165, 1.54) is 38.5 Å². The van der Waals surface area contributed by atoms with Gasteiger partial charge in [0.05, 0.1) is 21.6 Å². The van der Waals surface area contributed by atoms with Crippen LogP contribution in [0.2, 0.25) is 0 Å². The first-order valence-electron chi connectivity index (χ1n) is 11.3. The summed E-state index contributed by atoms with van der Waals surface area (Å²) in [5.41, 5.74) is 1.23. The molecule has 1 aromatic carbocycles. The average Bonchev–Trinajstić information content (AvgIpc) is 3.13. The Kier molecular flexibility index (Phi) is 5.30. The molecule has 6 heteroatoms. The highest BCUT2D eigenvalue weighted by molar-refractivity contribution is 7.18. The second kappa shape index (κ2) is 7.95. The number of benzene rings is 1. The zero-order chi connectivity index (χ0) is 20.7. The van der Waals surface area contributed by atoms with Crippen LogP contribution < -0.4 is 5.32 Å². The summed E-state index contributed by atoms with van der Waals surface area (Å²) < 4.78 is 6.37. The lowest BCUT2D eigenvalue weighted by Crippen LogP contribution is -2.56. The van der Waals surface area contributed by atoms with Crippen molar-refractivity contribution in [2.75, 3.05) is 6.61 Å². The van der Waals surface area contributed by atoms with Gasteiger partial charge < -0.3 is 10.1 Å². The summed E-state index contributed by atoms with van der Waals surface area (Å²) in [6, 6.07) is 8.11. The molecule has 0 radical (unpaired) electrons. The van der Waals surface area contributed by atoms with Crippen molar-refractivity contribution >= 4 is 33.4 Å². The lowest BCUT2D eigenvalue weighted by Gasteiger charge is -2.59. The molecule has 30 heavy (non-hydrogen) atoms. The third kappa shape index (κ3) is 3.98. The van der Waals surface area contributed by atoms with E-state index in [4.69, 9.17) is 4.74 Å². The van der Waals surface area contributed by atoms with Crippen molar-refractivity contribution in [2.45, 2.75) is 64.3 Å². The quantitative estimate of drug-likeness (QED) is 0.662. The van der Waals surface area contributed by atoms with Crippen molar-refractivity contribution in [3.8, 4) is 0 Å². The van der Waals surface area contributed by atoms with Gasteiger partial charge in [-0.05, 0) is 80.8 Å². The number of hydrogen-bond acceptors (Lipinski definition) is 5. The summed E-state index contributed by atoms with van der Waals surface area (Å²) in [6.07, 6.45) is 8.73. The molecule has 4 bridgehead atoms. The third-order valence-corrected chi connectivity index (χ3v) is 8.72. The molecule has 160 valence electrons. The van der Waals surface area contributed by atoms with Crippen molar-refractivity contribution < 1.29 is 14.3 Å². The van der Waals surface area contributed by atoms with E-state index in [9.17, 15) is 9.59 Å². The van der Waals surface area contributed by atoms with Crippen molar-refractivity contribution in [1.29, 1.82) is 0 Å². The van der Waals surface area contributed by atoms with Crippen LogP contribution in [0.3, 0.4) is 0 Å². The Hall–Kier alpha value is -1.95. The van der Waals surface area contributed by atoms with Crippen LogP contribution >= 0.6 is 11.3 Å². The van der Waals surface area contributed by atoms with Gasteiger partial charge in [0.25, 0.3) is 5.91 Å². The highest BCUT2D eigenvalue weighted by atomic mass is 32.1. The number of rotatable bonds is 7. The topological polar surface area (TPSA) is 68.3 Å². The standard InChI is InChI=1S/C24H30N2O3S/c1-15(24-11-16-8-17(12-24)10-18(9-16)13-24)25-21(27)14-29-23(28)7-6-22-26-19-4-2-3-5-20(19)30-22/h2-5,15-18H,6-14H2,1H3,(H,25,27)/t15-,16?,17?,18?,24?/m0/s1. The van der Waals surface area contributed by atoms with Crippen molar-refractivity contribution in [2.24, 2.45) is 23.2 Å². The van der Waals surface area contributed by atoms with Crippen molar-refractivity contribution in [3.63, 3.8) is 0 Å². The zero-order valence-electron chi connectivity index (χ0n) is 17.6. The monoisotopic (exact) mass is 426 g/mol. The lowest BCUT2D eigenvalue weighted by atomic mass is 9.48. The summed E-state index contributed by atoms with van der Waals surface area (Å²) in [5.74, 6) is 2.06.